The van der Waals surface area contributed by atoms with Crippen LogP contribution in [0, 0.1) is 0 Å². The average molecular weight is 1090 g/mol. The minimum Gasteiger partial charge on any atom is -0.462 e. The maximum absolute atomic E-state index is 12.9. The van der Waals surface area contributed by atoms with Gasteiger partial charge in [0.1, 0.15) is 13.2 Å². The number of esters is 3. The van der Waals surface area contributed by atoms with Crippen LogP contribution in [-0.2, 0) is 28.6 Å². The van der Waals surface area contributed by atoms with Crippen LogP contribution in [0.1, 0.15) is 252 Å². The average Bonchev–Trinajstić information content (AvgIpc) is 3.45. The number of allylic oxidation sites excluding steroid dienone is 27. The van der Waals surface area contributed by atoms with Gasteiger partial charge in [0.25, 0.3) is 0 Å². The zero-order chi connectivity index (χ0) is 57.1. The molecule has 79 heavy (non-hydrogen) atoms. The molecule has 0 saturated carbocycles. The molecule has 0 rings (SSSR count). The summed E-state index contributed by atoms with van der Waals surface area (Å²) >= 11 is 0. The van der Waals surface area contributed by atoms with Crippen LogP contribution in [-0.4, -0.2) is 37.2 Å². The minimum atomic E-state index is -0.837. The van der Waals surface area contributed by atoms with Gasteiger partial charge in [-0.15, -0.1) is 0 Å². The van der Waals surface area contributed by atoms with E-state index in [1.54, 1.807) is 6.08 Å². The van der Waals surface area contributed by atoms with Crippen LogP contribution in [0.5, 0.6) is 0 Å². The lowest BCUT2D eigenvalue weighted by molar-refractivity contribution is -0.166. The highest BCUT2D eigenvalue weighted by Crippen LogP contribution is 2.15. The third-order valence-electron chi connectivity index (χ3n) is 12.7. The fourth-order valence-electron chi connectivity index (χ4n) is 8.12. The van der Waals surface area contributed by atoms with Crippen molar-refractivity contribution in [2.24, 2.45) is 0 Å². The van der Waals surface area contributed by atoms with Crippen molar-refractivity contribution in [3.8, 4) is 0 Å². The molecular formula is C73H114O6. The Morgan fingerprint density at radius 3 is 0.823 bits per heavy atom. The molecule has 1 atom stereocenters. The van der Waals surface area contributed by atoms with Crippen LogP contribution in [0.4, 0.5) is 0 Å². The zero-order valence-electron chi connectivity index (χ0n) is 50.6. The monoisotopic (exact) mass is 1090 g/mol. The topological polar surface area (TPSA) is 78.9 Å². The van der Waals surface area contributed by atoms with E-state index < -0.39 is 12.1 Å². The third-order valence-corrected chi connectivity index (χ3v) is 12.7. The first-order valence-electron chi connectivity index (χ1n) is 31.6. The van der Waals surface area contributed by atoms with E-state index in [9.17, 15) is 14.4 Å². The molecule has 0 heterocycles. The van der Waals surface area contributed by atoms with Crippen molar-refractivity contribution >= 4 is 17.9 Å². The first-order valence-corrected chi connectivity index (χ1v) is 31.6. The summed E-state index contributed by atoms with van der Waals surface area (Å²) in [5.74, 6) is -1.08. The van der Waals surface area contributed by atoms with Crippen LogP contribution in [0.25, 0.3) is 0 Å². The molecule has 0 aromatic heterocycles. The van der Waals surface area contributed by atoms with Crippen LogP contribution in [0.2, 0.25) is 0 Å². The molecule has 442 valence electrons. The molecule has 0 bridgehead atoms. The summed E-state index contributed by atoms with van der Waals surface area (Å²) in [4.78, 5) is 38.3. The number of carbonyl (C=O) groups excluding carboxylic acids is 3. The molecule has 0 aromatic rings. The molecule has 0 aliphatic rings. The fourth-order valence-corrected chi connectivity index (χ4v) is 8.12. The van der Waals surface area contributed by atoms with E-state index in [1.807, 2.05) is 6.08 Å². The van der Waals surface area contributed by atoms with Crippen molar-refractivity contribution in [2.45, 2.75) is 258 Å². The Morgan fingerprint density at radius 2 is 0.506 bits per heavy atom. The van der Waals surface area contributed by atoms with E-state index in [1.165, 1.54) is 70.6 Å². The summed E-state index contributed by atoms with van der Waals surface area (Å²) in [6, 6.07) is 0. The van der Waals surface area contributed by atoms with Gasteiger partial charge in [0.15, 0.2) is 6.10 Å². The smallest absolute Gasteiger partial charge is 0.309 e. The Hall–Kier alpha value is -5.23. The highest BCUT2D eigenvalue weighted by atomic mass is 16.6. The molecule has 1 unspecified atom stereocenters. The summed E-state index contributed by atoms with van der Waals surface area (Å²) in [6.45, 7) is 6.19. The molecule has 0 saturated heterocycles. The van der Waals surface area contributed by atoms with Crippen molar-refractivity contribution in [1.29, 1.82) is 0 Å². The quantitative estimate of drug-likeness (QED) is 0.0261. The molecule has 0 aromatic carbocycles. The van der Waals surface area contributed by atoms with Crippen molar-refractivity contribution in [2.75, 3.05) is 13.2 Å². The SMILES string of the molecule is CC/C=C\C/C=C\C/C=C\C/C=C\C/C=C\CCCCCCCCCCCCCC(=O)OCC(COC(=O)C/C=C\C/C=C\C/C=C\C/C=C\C/C=C\CC)OC(=O)CCCCCCCC/C=C\C/C=C\C/C=C\C/C=C\CC. The van der Waals surface area contributed by atoms with Gasteiger partial charge in [-0.1, -0.05) is 274 Å². The van der Waals surface area contributed by atoms with E-state index in [-0.39, 0.29) is 38.0 Å². The molecule has 6 nitrogen and oxygen atoms in total. The van der Waals surface area contributed by atoms with Gasteiger partial charge >= 0.3 is 17.9 Å². The number of hydrogen-bond donors (Lipinski definition) is 0. The summed E-state index contributed by atoms with van der Waals surface area (Å²) in [5, 5.41) is 0. The van der Waals surface area contributed by atoms with Gasteiger partial charge in [-0.25, -0.2) is 0 Å². The number of carbonyl (C=O) groups is 3. The number of hydrogen-bond acceptors (Lipinski definition) is 6. The molecule has 0 N–H and O–H groups in total. The molecule has 0 amide bonds. The first kappa shape index (κ1) is 73.8. The maximum Gasteiger partial charge on any atom is 0.309 e. The lowest BCUT2D eigenvalue weighted by Gasteiger charge is -2.18. The highest BCUT2D eigenvalue weighted by Gasteiger charge is 2.19. The summed E-state index contributed by atoms with van der Waals surface area (Å²) < 4.78 is 16.8. The van der Waals surface area contributed by atoms with Crippen LogP contribution in [0.15, 0.2) is 170 Å². The molecular weight excluding hydrogens is 973 g/mol. The zero-order valence-corrected chi connectivity index (χ0v) is 50.6. The van der Waals surface area contributed by atoms with Gasteiger partial charge in [0, 0.05) is 12.8 Å². The Morgan fingerprint density at radius 1 is 0.266 bits per heavy atom. The van der Waals surface area contributed by atoms with Crippen molar-refractivity contribution in [1.82, 2.24) is 0 Å². The number of ether oxygens (including phenoxy) is 3. The second kappa shape index (κ2) is 65.3. The molecule has 0 aliphatic carbocycles. The van der Waals surface area contributed by atoms with Gasteiger partial charge in [-0.05, 0) is 128 Å². The predicted molar refractivity (Wildman–Crippen MR) is 343 cm³/mol. The Balaban J connectivity index is 4.45. The van der Waals surface area contributed by atoms with Gasteiger partial charge in [0.2, 0.25) is 0 Å². The fraction of sp³-hybridized carbons (Fsp3) is 0.575. The molecule has 0 spiro atoms. The summed E-state index contributed by atoms with van der Waals surface area (Å²) in [6.07, 6.45) is 96.7. The van der Waals surface area contributed by atoms with Crippen molar-refractivity contribution < 1.29 is 28.6 Å². The predicted octanol–water partition coefficient (Wildman–Crippen LogP) is 21.9. The number of rotatable bonds is 55. The third kappa shape index (κ3) is 63.5. The number of unbranched alkanes of at least 4 members (excludes halogenated alkanes) is 17. The van der Waals surface area contributed by atoms with E-state index in [2.05, 4.69) is 179 Å². The van der Waals surface area contributed by atoms with E-state index >= 15 is 0 Å². The molecule has 0 fully saturated rings. The van der Waals surface area contributed by atoms with Gasteiger partial charge < -0.3 is 14.2 Å². The summed E-state index contributed by atoms with van der Waals surface area (Å²) in [5.41, 5.74) is 0. The largest absolute Gasteiger partial charge is 0.462 e. The summed E-state index contributed by atoms with van der Waals surface area (Å²) in [7, 11) is 0. The Bertz CT molecular complexity index is 1820. The lowest BCUT2D eigenvalue weighted by Crippen LogP contribution is -2.30. The van der Waals surface area contributed by atoms with E-state index in [0.29, 0.717) is 6.42 Å². The first-order chi connectivity index (χ1) is 39.0. The minimum absolute atomic E-state index is 0.115. The van der Waals surface area contributed by atoms with Crippen LogP contribution >= 0.6 is 0 Å². The second-order valence-corrected chi connectivity index (χ2v) is 20.2. The van der Waals surface area contributed by atoms with E-state index in [0.717, 1.165) is 141 Å². The van der Waals surface area contributed by atoms with Crippen LogP contribution in [0.3, 0.4) is 0 Å². The van der Waals surface area contributed by atoms with E-state index in [4.69, 9.17) is 14.2 Å². The second-order valence-electron chi connectivity index (χ2n) is 20.2. The lowest BCUT2D eigenvalue weighted by atomic mass is 10.0. The van der Waals surface area contributed by atoms with Crippen LogP contribution < -0.4 is 0 Å². The van der Waals surface area contributed by atoms with Gasteiger partial charge in [0.05, 0.1) is 6.42 Å². The van der Waals surface area contributed by atoms with Gasteiger partial charge in [-0.3, -0.25) is 14.4 Å². The molecule has 0 radical (unpaired) electrons. The highest BCUT2D eigenvalue weighted by molar-refractivity contribution is 5.72. The van der Waals surface area contributed by atoms with Crippen molar-refractivity contribution in [3.63, 3.8) is 0 Å². The normalized spacial score (nSPS) is 13.3. The Labute approximate surface area is 485 Å². The van der Waals surface area contributed by atoms with Crippen molar-refractivity contribution in [3.05, 3.63) is 170 Å². The molecule has 0 aliphatic heterocycles. The Kier molecular flexibility index (Phi) is 61.0. The maximum atomic E-state index is 12.9. The standard InChI is InChI=1S/C73H114O6/c1-4-7-10-13-16-19-22-25-28-30-32-33-34-35-36-37-38-39-41-42-45-48-51-54-57-60-63-66-72(75)78-69-70(68-77-71(74)65-62-59-56-53-50-47-44-27-24-21-18-15-12-9-6-3)79-73(76)67-64-61-58-55-52-49-46-43-40-31-29-26-23-20-17-14-11-8-5-2/h7-12,16-21,25-29,32-33,35-36,40,43-44,50,53,59,62,70H,4-6,13-15,22-24,30-31,34,37-39,41-42,45-49,51-52,54-58,60-61,63-69H2,1-3H3/b10-7-,11-8-,12-9-,19-16-,20-17-,21-18-,28-25-,29-26-,33-32-,36-35-,43-40-,44-27-,53-50-,62-59-. The molecule has 6 heteroatoms. The van der Waals surface area contributed by atoms with Gasteiger partial charge in [-0.2, -0.15) is 0 Å².